The maximum absolute atomic E-state index is 12.4. The number of nitrogens with zero attached hydrogens (tertiary/aromatic N) is 2. The molecule has 1 atom stereocenters. The molecule has 0 radical (unpaired) electrons. The van der Waals surface area contributed by atoms with Crippen LogP contribution in [-0.2, 0) is 9.53 Å². The summed E-state index contributed by atoms with van der Waals surface area (Å²) in [6.45, 7) is 5.56. The quantitative estimate of drug-likeness (QED) is 0.615. The number of hydrogen-bond donors (Lipinski definition) is 1. The lowest BCUT2D eigenvalue weighted by Gasteiger charge is -2.14. The molecule has 8 heteroatoms. The summed E-state index contributed by atoms with van der Waals surface area (Å²) in [6.07, 6.45) is 1.88. The first-order valence-electron chi connectivity index (χ1n) is 8.21. The number of alkyl halides is 2. The third kappa shape index (κ3) is 3.19. The second kappa shape index (κ2) is 6.59. The first-order chi connectivity index (χ1) is 12.2. The van der Waals surface area contributed by atoms with Crippen molar-refractivity contribution >= 4 is 40.8 Å². The maximum atomic E-state index is 12.4. The zero-order valence-electron chi connectivity index (χ0n) is 14.7. The van der Waals surface area contributed by atoms with Gasteiger partial charge in [-0.1, -0.05) is 6.07 Å². The van der Waals surface area contributed by atoms with E-state index >= 15 is 0 Å². The Labute approximate surface area is 161 Å². The molecule has 138 valence electrons. The Morgan fingerprint density at radius 2 is 2.08 bits per heavy atom. The van der Waals surface area contributed by atoms with Crippen molar-refractivity contribution in [2.75, 3.05) is 11.9 Å². The van der Waals surface area contributed by atoms with E-state index < -0.39 is 15.7 Å². The van der Waals surface area contributed by atoms with Gasteiger partial charge in [-0.25, -0.2) is 9.48 Å². The SMILES string of the molecule is CCOC(=O)c1cnn(-c2cccc(NC(=O)C3(C)CC3(Cl)Cl)c2)c1C. The summed E-state index contributed by atoms with van der Waals surface area (Å²) in [5, 5.41) is 7.09. The van der Waals surface area contributed by atoms with Gasteiger partial charge in [0.25, 0.3) is 0 Å². The average Bonchev–Trinajstić information content (AvgIpc) is 2.90. The zero-order valence-corrected chi connectivity index (χ0v) is 16.2. The van der Waals surface area contributed by atoms with E-state index in [2.05, 4.69) is 10.4 Å². The molecule has 0 bridgehead atoms. The van der Waals surface area contributed by atoms with E-state index in [1.807, 2.05) is 6.07 Å². The Hall–Kier alpha value is -2.05. The van der Waals surface area contributed by atoms with Crippen molar-refractivity contribution in [2.45, 2.75) is 31.5 Å². The fraction of sp³-hybridized carbons (Fsp3) is 0.389. The molecule has 2 aromatic rings. The number of amides is 1. The van der Waals surface area contributed by atoms with Crippen molar-refractivity contribution in [3.63, 3.8) is 0 Å². The number of carbonyl (C=O) groups is 2. The lowest BCUT2D eigenvalue weighted by molar-refractivity contribution is -0.120. The van der Waals surface area contributed by atoms with Crippen molar-refractivity contribution in [2.24, 2.45) is 5.41 Å². The van der Waals surface area contributed by atoms with E-state index in [-0.39, 0.29) is 5.91 Å². The molecule has 0 saturated heterocycles. The maximum Gasteiger partial charge on any atom is 0.341 e. The standard InChI is InChI=1S/C18H19Cl2N3O3/c1-4-26-15(24)14-9-21-23(11(14)2)13-7-5-6-12(8-13)22-16(25)17(3)10-18(17,19)20/h5-9H,4,10H2,1-3H3,(H,22,25). The number of anilines is 1. The number of benzene rings is 1. The summed E-state index contributed by atoms with van der Waals surface area (Å²) in [4.78, 5) is 24.4. The second-order valence-electron chi connectivity index (χ2n) is 6.49. The predicted octanol–water partition coefficient (Wildman–Crippen LogP) is 3.88. The van der Waals surface area contributed by atoms with Gasteiger partial charge in [-0.3, -0.25) is 4.79 Å². The van der Waals surface area contributed by atoms with E-state index in [0.717, 1.165) is 0 Å². The Kier molecular flexibility index (Phi) is 4.75. The van der Waals surface area contributed by atoms with Crippen molar-refractivity contribution in [1.29, 1.82) is 0 Å². The largest absolute Gasteiger partial charge is 0.462 e. The van der Waals surface area contributed by atoms with Crippen molar-refractivity contribution < 1.29 is 14.3 Å². The Bertz CT molecular complexity index is 878. The highest BCUT2D eigenvalue weighted by atomic mass is 35.5. The topological polar surface area (TPSA) is 73.2 Å². The number of halogens is 2. The van der Waals surface area contributed by atoms with Gasteiger partial charge >= 0.3 is 5.97 Å². The van der Waals surface area contributed by atoms with Crippen LogP contribution in [0.4, 0.5) is 5.69 Å². The molecular formula is C18H19Cl2N3O3. The molecular weight excluding hydrogens is 377 g/mol. The molecule has 6 nitrogen and oxygen atoms in total. The zero-order chi connectivity index (χ0) is 19.1. The fourth-order valence-corrected chi connectivity index (χ4v) is 3.42. The lowest BCUT2D eigenvalue weighted by atomic mass is 10.1. The minimum atomic E-state index is -1.03. The number of ether oxygens (including phenoxy) is 1. The summed E-state index contributed by atoms with van der Waals surface area (Å²) < 4.78 is 5.62. The summed E-state index contributed by atoms with van der Waals surface area (Å²) in [7, 11) is 0. The fourth-order valence-electron chi connectivity index (χ4n) is 2.71. The third-order valence-corrected chi connectivity index (χ3v) is 5.71. The van der Waals surface area contributed by atoms with Crippen molar-refractivity contribution in [3.8, 4) is 5.69 Å². The predicted molar refractivity (Wildman–Crippen MR) is 100 cm³/mol. The molecule has 1 saturated carbocycles. The number of hydrogen-bond acceptors (Lipinski definition) is 4. The monoisotopic (exact) mass is 395 g/mol. The van der Waals surface area contributed by atoms with Gasteiger partial charge in [0.1, 0.15) is 9.90 Å². The molecule has 1 aromatic heterocycles. The minimum absolute atomic E-state index is 0.232. The number of aromatic nitrogens is 2. The van der Waals surface area contributed by atoms with Gasteiger partial charge in [-0.2, -0.15) is 5.10 Å². The molecule has 0 spiro atoms. The van der Waals surface area contributed by atoms with Gasteiger partial charge in [0, 0.05) is 5.69 Å². The third-order valence-electron chi connectivity index (χ3n) is 4.61. The molecule has 1 heterocycles. The first-order valence-corrected chi connectivity index (χ1v) is 8.96. The summed E-state index contributed by atoms with van der Waals surface area (Å²) >= 11 is 12.1. The van der Waals surface area contributed by atoms with Crippen LogP contribution < -0.4 is 5.32 Å². The Balaban J connectivity index is 1.82. The molecule has 26 heavy (non-hydrogen) atoms. The van der Waals surface area contributed by atoms with E-state index in [0.29, 0.717) is 35.7 Å². The van der Waals surface area contributed by atoms with Gasteiger partial charge in [0.05, 0.1) is 29.6 Å². The van der Waals surface area contributed by atoms with Crippen LogP contribution in [0.3, 0.4) is 0 Å². The molecule has 1 fully saturated rings. The highest BCUT2D eigenvalue weighted by Crippen LogP contribution is 2.64. The molecule has 1 aliphatic rings. The summed E-state index contributed by atoms with van der Waals surface area (Å²) in [5.74, 6) is -0.646. The normalized spacial score (nSPS) is 20.5. The molecule has 1 unspecified atom stereocenters. The van der Waals surface area contributed by atoms with Crippen LogP contribution >= 0.6 is 23.2 Å². The van der Waals surface area contributed by atoms with E-state index in [4.69, 9.17) is 27.9 Å². The molecule has 1 N–H and O–H groups in total. The van der Waals surface area contributed by atoms with Crippen LogP contribution in [0.5, 0.6) is 0 Å². The molecule has 0 aliphatic heterocycles. The lowest BCUT2D eigenvalue weighted by Crippen LogP contribution is -2.26. The van der Waals surface area contributed by atoms with Crippen LogP contribution in [0.25, 0.3) is 5.69 Å². The summed E-state index contributed by atoms with van der Waals surface area (Å²) in [5.41, 5.74) is 1.56. The van der Waals surface area contributed by atoms with E-state index in [9.17, 15) is 9.59 Å². The Morgan fingerprint density at radius 3 is 2.69 bits per heavy atom. The molecule has 1 aliphatic carbocycles. The van der Waals surface area contributed by atoms with Crippen LogP contribution in [0.15, 0.2) is 30.5 Å². The smallest absolute Gasteiger partial charge is 0.341 e. The number of carbonyl (C=O) groups excluding carboxylic acids is 2. The molecule has 1 amide bonds. The highest BCUT2D eigenvalue weighted by Gasteiger charge is 2.67. The Morgan fingerprint density at radius 1 is 1.38 bits per heavy atom. The first kappa shape index (κ1) is 18.7. The molecule has 1 aromatic carbocycles. The van der Waals surface area contributed by atoms with Gasteiger partial charge < -0.3 is 10.1 Å². The number of nitrogens with one attached hydrogen (secondary N) is 1. The van der Waals surface area contributed by atoms with Gasteiger partial charge in [0.2, 0.25) is 5.91 Å². The molecule has 3 rings (SSSR count). The van der Waals surface area contributed by atoms with Crippen molar-refractivity contribution in [1.82, 2.24) is 9.78 Å². The average molecular weight is 396 g/mol. The van der Waals surface area contributed by atoms with Gasteiger partial charge in [-0.15, -0.1) is 23.2 Å². The van der Waals surface area contributed by atoms with Crippen LogP contribution in [-0.4, -0.2) is 32.6 Å². The minimum Gasteiger partial charge on any atom is -0.462 e. The highest BCUT2D eigenvalue weighted by molar-refractivity contribution is 6.53. The van der Waals surface area contributed by atoms with Crippen LogP contribution in [0.2, 0.25) is 0 Å². The van der Waals surface area contributed by atoms with E-state index in [1.54, 1.807) is 43.7 Å². The van der Waals surface area contributed by atoms with Crippen LogP contribution in [0.1, 0.15) is 36.3 Å². The van der Waals surface area contributed by atoms with Gasteiger partial charge in [0.15, 0.2) is 0 Å². The number of esters is 1. The van der Waals surface area contributed by atoms with Crippen molar-refractivity contribution in [3.05, 3.63) is 41.7 Å². The number of rotatable bonds is 5. The van der Waals surface area contributed by atoms with Gasteiger partial charge in [-0.05, 0) is 45.4 Å². The summed E-state index contributed by atoms with van der Waals surface area (Å²) in [6, 6.07) is 7.15. The second-order valence-corrected chi connectivity index (χ2v) is 7.98. The van der Waals surface area contributed by atoms with E-state index in [1.165, 1.54) is 6.20 Å². The van der Waals surface area contributed by atoms with Crippen LogP contribution in [0, 0.1) is 12.3 Å².